The number of hydrogen-bond donors (Lipinski definition) is 2. The fraction of sp³-hybridized carbons (Fsp3) is 0.345. The van der Waals surface area contributed by atoms with Crippen molar-refractivity contribution < 1.29 is 22.7 Å². The first-order valence-corrected chi connectivity index (χ1v) is 13.0. The number of alkyl halides is 2. The fourth-order valence-corrected chi connectivity index (χ4v) is 4.42. The first-order chi connectivity index (χ1) is 18.5. The Morgan fingerprint density at radius 2 is 1.97 bits per heavy atom. The van der Waals surface area contributed by atoms with Crippen LogP contribution in [0.25, 0.3) is 11.3 Å². The van der Waals surface area contributed by atoms with Crippen LogP contribution in [0, 0.1) is 5.82 Å². The van der Waals surface area contributed by atoms with E-state index in [2.05, 4.69) is 27.2 Å². The first-order valence-electron chi connectivity index (χ1n) is 12.6. The zero-order chi connectivity index (χ0) is 28.3. The van der Waals surface area contributed by atoms with Gasteiger partial charge in [0.05, 0.1) is 40.0 Å². The van der Waals surface area contributed by atoms with Crippen LogP contribution in [0.3, 0.4) is 0 Å². The molecule has 10 heteroatoms. The minimum Gasteiger partial charge on any atom is -0.380 e. The summed E-state index contributed by atoms with van der Waals surface area (Å²) in [4.78, 5) is 22.0. The monoisotopic (exact) mass is 558 g/mol. The third-order valence-corrected chi connectivity index (χ3v) is 7.14. The van der Waals surface area contributed by atoms with Crippen LogP contribution in [0.2, 0.25) is 5.02 Å². The maximum atomic E-state index is 15.3. The van der Waals surface area contributed by atoms with E-state index in [9.17, 15) is 9.18 Å². The maximum absolute atomic E-state index is 15.3. The molecule has 1 atom stereocenters. The lowest BCUT2D eigenvalue weighted by Gasteiger charge is -2.28. The molecule has 1 aromatic carbocycles. The van der Waals surface area contributed by atoms with Crippen molar-refractivity contribution in [2.24, 2.45) is 0 Å². The minimum absolute atomic E-state index is 0.0483. The predicted molar refractivity (Wildman–Crippen MR) is 146 cm³/mol. The summed E-state index contributed by atoms with van der Waals surface area (Å²) in [5.41, 5.74) is 0.362. The normalized spacial score (nSPS) is 14.4. The Hall–Kier alpha value is -3.43. The van der Waals surface area contributed by atoms with Gasteiger partial charge in [0.1, 0.15) is 5.82 Å². The fourth-order valence-electron chi connectivity index (χ4n) is 4.25. The molecule has 1 saturated carbocycles. The van der Waals surface area contributed by atoms with Crippen LogP contribution in [0.15, 0.2) is 54.9 Å². The highest BCUT2D eigenvalue weighted by atomic mass is 35.5. The summed E-state index contributed by atoms with van der Waals surface area (Å²) in [5, 5.41) is 6.14. The minimum atomic E-state index is -3.46. The number of rotatable bonds is 10. The second-order valence-corrected chi connectivity index (χ2v) is 10.2. The number of pyridine rings is 2. The number of methoxy groups -OCH3 is 1. The topological polar surface area (TPSA) is 76.1 Å². The van der Waals surface area contributed by atoms with E-state index in [4.69, 9.17) is 16.3 Å². The van der Waals surface area contributed by atoms with Gasteiger partial charge in [-0.05, 0) is 62.6 Å². The van der Waals surface area contributed by atoms with Gasteiger partial charge in [0.15, 0.2) is 0 Å². The molecule has 0 bridgehead atoms. The summed E-state index contributed by atoms with van der Waals surface area (Å²) in [6.07, 6.45) is 5.06. The van der Waals surface area contributed by atoms with Gasteiger partial charge in [-0.3, -0.25) is 14.8 Å². The second-order valence-electron chi connectivity index (χ2n) is 9.72. The highest BCUT2D eigenvalue weighted by Gasteiger charge is 2.37. The molecule has 206 valence electrons. The number of carbonyl (C=O) groups excluding carboxylic acids is 1. The Labute approximate surface area is 230 Å². The molecule has 0 radical (unpaired) electrons. The second kappa shape index (κ2) is 11.8. The van der Waals surface area contributed by atoms with Gasteiger partial charge >= 0.3 is 0 Å². The number of amides is 1. The summed E-state index contributed by atoms with van der Waals surface area (Å²) >= 11 is 6.06. The number of nitrogens with zero attached hydrogens (tertiary/aromatic N) is 2. The van der Waals surface area contributed by atoms with Crippen LogP contribution < -0.4 is 10.6 Å². The number of nitrogens with one attached hydrogen (secondary N) is 2. The summed E-state index contributed by atoms with van der Waals surface area (Å²) in [5.74, 6) is -4.39. The number of allylic oxidation sites excluding steroid dienone is 1. The van der Waals surface area contributed by atoms with Crippen LogP contribution >= 0.6 is 11.6 Å². The van der Waals surface area contributed by atoms with Crippen molar-refractivity contribution in [3.05, 3.63) is 82.5 Å². The van der Waals surface area contributed by atoms with Crippen molar-refractivity contribution in [1.29, 1.82) is 0 Å². The highest BCUT2D eigenvalue weighted by Crippen LogP contribution is 2.43. The number of ether oxygens (including phenoxy) is 1. The summed E-state index contributed by atoms with van der Waals surface area (Å²) in [6, 6.07) is 6.81. The molecule has 2 N–H and O–H groups in total. The molecule has 3 aromatic rings. The Balaban J connectivity index is 1.84. The van der Waals surface area contributed by atoms with Gasteiger partial charge in [0.25, 0.3) is 11.8 Å². The van der Waals surface area contributed by atoms with Crippen molar-refractivity contribution >= 4 is 28.9 Å². The third-order valence-electron chi connectivity index (χ3n) is 6.90. The molecule has 0 unspecified atom stereocenters. The van der Waals surface area contributed by atoms with E-state index < -0.39 is 28.8 Å². The zero-order valence-corrected chi connectivity index (χ0v) is 22.7. The van der Waals surface area contributed by atoms with Crippen LogP contribution in [0.4, 0.5) is 24.5 Å². The quantitative estimate of drug-likeness (QED) is 0.254. The van der Waals surface area contributed by atoms with Gasteiger partial charge in [-0.1, -0.05) is 24.6 Å². The molecule has 0 saturated heterocycles. The standard InChI is InChI=1S/C29H30ClF3N4O2/c1-16(2)29(32,33)21-15-35-24(20-12-19(30)8-9-22(20)31)13-25(21)37-23-10-11-34-27(18-6-5-7-18)26(23)28(38)36-14-17(3)39-4/h8-13,15,17-18H,1,5-7,14H2,2-4H3,(H,36,38)(H,34,35,37)/t17-/m0/s1. The van der Waals surface area contributed by atoms with Crippen molar-refractivity contribution in [3.8, 4) is 11.3 Å². The van der Waals surface area contributed by atoms with E-state index in [1.54, 1.807) is 19.4 Å². The zero-order valence-electron chi connectivity index (χ0n) is 22.0. The number of aromatic nitrogens is 2. The molecule has 2 aromatic heterocycles. The van der Waals surface area contributed by atoms with Crippen molar-refractivity contribution in [3.63, 3.8) is 0 Å². The van der Waals surface area contributed by atoms with Gasteiger partial charge in [0.2, 0.25) is 0 Å². The van der Waals surface area contributed by atoms with Crippen molar-refractivity contribution in [2.75, 3.05) is 19.0 Å². The summed E-state index contributed by atoms with van der Waals surface area (Å²) in [7, 11) is 1.54. The molecule has 0 spiro atoms. The molecule has 2 heterocycles. The molecule has 1 fully saturated rings. The molecular weight excluding hydrogens is 529 g/mol. The Morgan fingerprint density at radius 1 is 1.23 bits per heavy atom. The Kier molecular flexibility index (Phi) is 8.61. The molecule has 1 amide bonds. The molecule has 0 aliphatic heterocycles. The van der Waals surface area contributed by atoms with Crippen LogP contribution in [0.1, 0.15) is 60.6 Å². The van der Waals surface area contributed by atoms with Gasteiger partial charge < -0.3 is 15.4 Å². The smallest absolute Gasteiger partial charge is 0.297 e. The predicted octanol–water partition coefficient (Wildman–Crippen LogP) is 7.38. The number of anilines is 2. The number of hydrogen-bond acceptors (Lipinski definition) is 5. The van der Waals surface area contributed by atoms with Crippen LogP contribution in [0.5, 0.6) is 0 Å². The molecule has 4 rings (SSSR count). The number of benzene rings is 1. The SMILES string of the molecule is C=C(C)C(F)(F)c1cnc(-c2cc(Cl)ccc2F)cc1Nc1ccnc(C2CCC2)c1C(=O)NC[C@H](C)OC. The van der Waals surface area contributed by atoms with Crippen molar-refractivity contribution in [1.82, 2.24) is 15.3 Å². The molecule has 1 aliphatic rings. The van der Waals surface area contributed by atoms with Crippen LogP contribution in [-0.2, 0) is 10.7 Å². The van der Waals surface area contributed by atoms with E-state index in [1.807, 2.05) is 6.92 Å². The molecule has 1 aliphatic carbocycles. The summed E-state index contributed by atoms with van der Waals surface area (Å²) in [6.45, 7) is 6.72. The molecular formula is C29H30ClF3N4O2. The van der Waals surface area contributed by atoms with E-state index in [1.165, 1.54) is 31.2 Å². The third kappa shape index (κ3) is 6.09. The molecule has 39 heavy (non-hydrogen) atoms. The van der Waals surface area contributed by atoms with E-state index in [-0.39, 0.29) is 51.8 Å². The summed E-state index contributed by atoms with van der Waals surface area (Å²) < 4.78 is 50.5. The maximum Gasteiger partial charge on any atom is 0.297 e. The van der Waals surface area contributed by atoms with Gasteiger partial charge in [-0.25, -0.2) is 4.39 Å². The number of carbonyl (C=O) groups is 1. The molecule has 6 nitrogen and oxygen atoms in total. The van der Waals surface area contributed by atoms with Crippen LogP contribution in [-0.4, -0.2) is 35.6 Å². The highest BCUT2D eigenvalue weighted by molar-refractivity contribution is 6.30. The van der Waals surface area contributed by atoms with E-state index >= 15 is 8.78 Å². The first kappa shape index (κ1) is 28.6. The average molecular weight is 559 g/mol. The lowest BCUT2D eigenvalue weighted by atomic mass is 9.80. The largest absolute Gasteiger partial charge is 0.380 e. The Morgan fingerprint density at radius 3 is 2.62 bits per heavy atom. The van der Waals surface area contributed by atoms with Gasteiger partial charge in [-0.15, -0.1) is 0 Å². The van der Waals surface area contributed by atoms with Gasteiger partial charge in [0, 0.05) is 42.6 Å². The van der Waals surface area contributed by atoms with E-state index in [0.29, 0.717) is 5.69 Å². The number of halogens is 4. The van der Waals surface area contributed by atoms with Gasteiger partial charge in [-0.2, -0.15) is 8.78 Å². The Bertz CT molecular complexity index is 1390. The van der Waals surface area contributed by atoms with Crippen molar-refractivity contribution in [2.45, 2.75) is 51.1 Å². The lowest BCUT2D eigenvalue weighted by Crippen LogP contribution is -2.33. The average Bonchev–Trinajstić information content (AvgIpc) is 2.87. The lowest BCUT2D eigenvalue weighted by molar-refractivity contribution is 0.0390. The van der Waals surface area contributed by atoms with E-state index in [0.717, 1.165) is 25.5 Å².